The lowest BCUT2D eigenvalue weighted by Crippen LogP contribution is -1.97. The summed E-state index contributed by atoms with van der Waals surface area (Å²) >= 11 is 0. The van der Waals surface area contributed by atoms with E-state index in [4.69, 9.17) is 5.11 Å². The number of carboxylic acids is 1. The first-order chi connectivity index (χ1) is 4.63. The monoisotopic (exact) mass is 144 g/mol. The average molecular weight is 144 g/mol. The van der Waals surface area contributed by atoms with Crippen LogP contribution >= 0.6 is 0 Å². The van der Waals surface area contributed by atoms with Gasteiger partial charge in [-0.2, -0.15) is 0 Å². The summed E-state index contributed by atoms with van der Waals surface area (Å²) in [7, 11) is 0. The molecule has 1 aromatic heterocycles. The standard InChI is InChI=1S/C5H5FN2O2/c1-3-4(5(9)10)2-7-8(3)6/h2H,1H3,(H,9,10). The molecule has 0 amide bonds. The third-order valence-corrected chi connectivity index (χ3v) is 1.19. The Morgan fingerprint density at radius 3 is 2.70 bits per heavy atom. The third-order valence-electron chi connectivity index (χ3n) is 1.19. The Hall–Kier alpha value is -1.39. The molecule has 0 fully saturated rings. The number of halogens is 1. The molecule has 10 heavy (non-hydrogen) atoms. The van der Waals surface area contributed by atoms with E-state index >= 15 is 0 Å². The van der Waals surface area contributed by atoms with Crippen molar-refractivity contribution in [2.24, 2.45) is 0 Å². The number of hydrogen-bond donors (Lipinski definition) is 1. The average Bonchev–Trinajstić information content (AvgIpc) is 2.14. The summed E-state index contributed by atoms with van der Waals surface area (Å²) < 4.78 is 12.2. The summed E-state index contributed by atoms with van der Waals surface area (Å²) in [5.74, 6) is -1.17. The molecule has 1 rings (SSSR count). The fraction of sp³-hybridized carbons (Fsp3) is 0.200. The molecule has 0 aliphatic rings. The van der Waals surface area contributed by atoms with E-state index in [0.717, 1.165) is 6.20 Å². The molecule has 0 unspecified atom stereocenters. The van der Waals surface area contributed by atoms with Crippen molar-refractivity contribution >= 4 is 5.97 Å². The van der Waals surface area contributed by atoms with Gasteiger partial charge in [-0.05, 0) is 6.92 Å². The van der Waals surface area contributed by atoms with Crippen LogP contribution in [0.15, 0.2) is 6.20 Å². The van der Waals surface area contributed by atoms with E-state index in [1.54, 1.807) is 0 Å². The lowest BCUT2D eigenvalue weighted by Gasteiger charge is -1.88. The second-order valence-corrected chi connectivity index (χ2v) is 1.81. The Morgan fingerprint density at radius 2 is 2.50 bits per heavy atom. The Balaban J connectivity index is 3.17. The van der Waals surface area contributed by atoms with Gasteiger partial charge < -0.3 is 5.11 Å². The molecule has 1 heterocycles. The minimum absolute atomic E-state index is 0.00694. The maximum absolute atomic E-state index is 12.2. The largest absolute Gasteiger partial charge is 0.478 e. The Labute approximate surface area is 55.8 Å². The Kier molecular flexibility index (Phi) is 1.41. The summed E-state index contributed by atoms with van der Waals surface area (Å²) in [6.45, 7) is 1.34. The summed E-state index contributed by atoms with van der Waals surface area (Å²) in [5, 5.41) is 11.5. The number of carbonyl (C=O) groups is 1. The normalized spacial score (nSPS) is 9.80. The van der Waals surface area contributed by atoms with Gasteiger partial charge in [-0.1, -0.05) is 9.39 Å². The van der Waals surface area contributed by atoms with Crippen LogP contribution in [0.3, 0.4) is 0 Å². The van der Waals surface area contributed by atoms with Crippen molar-refractivity contribution in [2.45, 2.75) is 6.92 Å². The first-order valence-corrected chi connectivity index (χ1v) is 2.57. The van der Waals surface area contributed by atoms with Crippen molar-refractivity contribution < 1.29 is 14.4 Å². The molecule has 1 N–H and O–H groups in total. The molecule has 1 aromatic rings. The van der Waals surface area contributed by atoms with E-state index < -0.39 is 5.97 Å². The number of carboxylic acid groups (broad SMARTS) is 1. The molecule has 0 aromatic carbocycles. The van der Waals surface area contributed by atoms with Gasteiger partial charge in [-0.3, -0.25) is 0 Å². The molecule has 0 saturated heterocycles. The van der Waals surface area contributed by atoms with Crippen LogP contribution in [-0.2, 0) is 0 Å². The SMILES string of the molecule is Cc1c(C(=O)O)cnn1F. The van der Waals surface area contributed by atoms with Crippen LogP contribution in [0.1, 0.15) is 16.1 Å². The summed E-state index contributed by atoms with van der Waals surface area (Å²) in [6, 6.07) is 0. The Bertz CT molecular complexity index is 269. The fourth-order valence-corrected chi connectivity index (χ4v) is 0.598. The zero-order chi connectivity index (χ0) is 7.72. The molecule has 4 nitrogen and oxygen atoms in total. The van der Waals surface area contributed by atoms with Crippen molar-refractivity contribution in [2.75, 3.05) is 0 Å². The molecular formula is C5H5FN2O2. The molecule has 0 aliphatic carbocycles. The molecule has 0 spiro atoms. The molecule has 0 radical (unpaired) electrons. The van der Waals surface area contributed by atoms with E-state index in [1.165, 1.54) is 6.92 Å². The quantitative estimate of drug-likeness (QED) is 0.628. The summed E-state index contributed by atoms with van der Waals surface area (Å²) in [4.78, 5) is 10.2. The van der Waals surface area contributed by atoms with E-state index in [-0.39, 0.29) is 16.2 Å². The maximum atomic E-state index is 12.2. The highest BCUT2D eigenvalue weighted by atomic mass is 19.2. The lowest BCUT2D eigenvalue weighted by atomic mass is 10.3. The molecule has 0 aliphatic heterocycles. The number of aromatic carboxylic acids is 1. The third kappa shape index (κ3) is 0.854. The van der Waals surface area contributed by atoms with E-state index in [0.29, 0.717) is 0 Å². The second-order valence-electron chi connectivity index (χ2n) is 1.81. The highest BCUT2D eigenvalue weighted by Gasteiger charge is 2.11. The minimum Gasteiger partial charge on any atom is -0.478 e. The van der Waals surface area contributed by atoms with Crippen molar-refractivity contribution in [1.29, 1.82) is 0 Å². The highest BCUT2D eigenvalue weighted by molar-refractivity contribution is 5.88. The number of aromatic nitrogens is 2. The highest BCUT2D eigenvalue weighted by Crippen LogP contribution is 2.05. The van der Waals surface area contributed by atoms with Gasteiger partial charge in [0.2, 0.25) is 0 Å². The van der Waals surface area contributed by atoms with Crippen molar-refractivity contribution in [3.8, 4) is 0 Å². The zero-order valence-corrected chi connectivity index (χ0v) is 5.21. The van der Waals surface area contributed by atoms with Gasteiger partial charge in [0.1, 0.15) is 5.56 Å². The van der Waals surface area contributed by atoms with Gasteiger partial charge in [0.25, 0.3) is 0 Å². The maximum Gasteiger partial charge on any atom is 0.339 e. The summed E-state index contributed by atoms with van der Waals surface area (Å²) in [6.07, 6.45) is 0.970. The predicted molar refractivity (Wildman–Crippen MR) is 30.4 cm³/mol. The van der Waals surface area contributed by atoms with Crippen LogP contribution in [0, 0.1) is 6.92 Å². The molecule has 5 heteroatoms. The van der Waals surface area contributed by atoms with Gasteiger partial charge in [-0.25, -0.2) is 4.79 Å². The summed E-state index contributed by atoms with van der Waals surface area (Å²) in [5.41, 5.74) is -0.102. The van der Waals surface area contributed by atoms with Crippen molar-refractivity contribution in [1.82, 2.24) is 10.0 Å². The molecular weight excluding hydrogens is 139 g/mol. The van der Waals surface area contributed by atoms with Crippen LogP contribution in [0.5, 0.6) is 0 Å². The zero-order valence-electron chi connectivity index (χ0n) is 5.21. The topological polar surface area (TPSA) is 55.1 Å². The van der Waals surface area contributed by atoms with Crippen LogP contribution in [0.2, 0.25) is 0 Å². The molecule has 0 saturated carbocycles. The van der Waals surface area contributed by atoms with Crippen LogP contribution in [0.25, 0.3) is 0 Å². The first kappa shape index (κ1) is 6.73. The number of hydrogen-bond acceptors (Lipinski definition) is 2. The second kappa shape index (κ2) is 2.09. The molecule has 54 valence electrons. The van der Waals surface area contributed by atoms with Crippen molar-refractivity contribution in [3.63, 3.8) is 0 Å². The van der Waals surface area contributed by atoms with E-state index in [1.807, 2.05) is 0 Å². The predicted octanol–water partition coefficient (Wildman–Crippen LogP) is 0.622. The van der Waals surface area contributed by atoms with Crippen LogP contribution in [-0.4, -0.2) is 21.1 Å². The van der Waals surface area contributed by atoms with E-state index in [2.05, 4.69) is 5.10 Å². The minimum atomic E-state index is -1.17. The fourth-order valence-electron chi connectivity index (χ4n) is 0.598. The number of rotatable bonds is 1. The molecule has 0 bridgehead atoms. The first-order valence-electron chi connectivity index (χ1n) is 2.57. The van der Waals surface area contributed by atoms with Gasteiger partial charge in [0.05, 0.1) is 11.9 Å². The lowest BCUT2D eigenvalue weighted by molar-refractivity contribution is 0.0695. The van der Waals surface area contributed by atoms with Gasteiger partial charge >= 0.3 is 5.97 Å². The smallest absolute Gasteiger partial charge is 0.339 e. The van der Waals surface area contributed by atoms with Crippen LogP contribution < -0.4 is 0 Å². The Morgan fingerprint density at radius 1 is 1.90 bits per heavy atom. The van der Waals surface area contributed by atoms with Gasteiger partial charge in [0.15, 0.2) is 0 Å². The van der Waals surface area contributed by atoms with Gasteiger partial charge in [-0.15, -0.1) is 5.10 Å². The van der Waals surface area contributed by atoms with Crippen LogP contribution in [0.4, 0.5) is 4.48 Å². The van der Waals surface area contributed by atoms with E-state index in [9.17, 15) is 9.28 Å². The van der Waals surface area contributed by atoms with Crippen molar-refractivity contribution in [3.05, 3.63) is 17.5 Å². The van der Waals surface area contributed by atoms with Gasteiger partial charge in [0, 0.05) is 0 Å². The number of nitrogens with zero attached hydrogens (tertiary/aromatic N) is 2. The molecule has 0 atom stereocenters.